The first-order valence-corrected chi connectivity index (χ1v) is 11.0. The zero-order valence-electron chi connectivity index (χ0n) is 16.4. The van der Waals surface area contributed by atoms with Gasteiger partial charge in [-0.25, -0.2) is 8.42 Å². The molecule has 0 unspecified atom stereocenters. The van der Waals surface area contributed by atoms with Crippen LogP contribution in [0.4, 0.5) is 5.69 Å². The molecule has 2 aromatic carbocycles. The van der Waals surface area contributed by atoms with Gasteiger partial charge in [0.1, 0.15) is 6.54 Å². The Bertz CT molecular complexity index is 864. The third kappa shape index (κ3) is 5.57. The maximum absolute atomic E-state index is 12.9. The van der Waals surface area contributed by atoms with Crippen molar-refractivity contribution >= 4 is 21.6 Å². The van der Waals surface area contributed by atoms with E-state index >= 15 is 0 Å². The molecule has 0 aliphatic carbocycles. The second-order valence-corrected chi connectivity index (χ2v) is 8.78. The highest BCUT2D eigenvalue weighted by Crippen LogP contribution is 2.29. The molecule has 5 nitrogen and oxygen atoms in total. The van der Waals surface area contributed by atoms with Crippen LogP contribution in [0, 0.1) is 0 Å². The molecule has 1 amide bonds. The fraction of sp³-hybridized carbons (Fsp3) is 0.381. The minimum atomic E-state index is -3.60. The van der Waals surface area contributed by atoms with Crippen molar-refractivity contribution in [3.8, 4) is 0 Å². The lowest BCUT2D eigenvalue weighted by atomic mass is 10.0. The van der Waals surface area contributed by atoms with Crippen LogP contribution < -0.4 is 4.31 Å². The number of carbonyl (C=O) groups excluding carboxylic acids is 1. The molecule has 0 bridgehead atoms. The fourth-order valence-corrected chi connectivity index (χ4v) is 3.86. The van der Waals surface area contributed by atoms with Gasteiger partial charge in [0.25, 0.3) is 0 Å². The first-order valence-electron chi connectivity index (χ1n) is 9.12. The van der Waals surface area contributed by atoms with Crippen LogP contribution in [0.2, 0.25) is 0 Å². The van der Waals surface area contributed by atoms with Crippen LogP contribution in [0.5, 0.6) is 0 Å². The van der Waals surface area contributed by atoms with E-state index in [4.69, 9.17) is 0 Å². The first kappa shape index (κ1) is 21.0. The summed E-state index contributed by atoms with van der Waals surface area (Å²) in [7, 11) is -3.60. The summed E-state index contributed by atoms with van der Waals surface area (Å²) in [5.41, 5.74) is 2.49. The van der Waals surface area contributed by atoms with E-state index in [2.05, 4.69) is 0 Å². The van der Waals surface area contributed by atoms with Crippen LogP contribution in [0.25, 0.3) is 0 Å². The van der Waals surface area contributed by atoms with Crippen molar-refractivity contribution in [1.29, 1.82) is 0 Å². The van der Waals surface area contributed by atoms with Crippen LogP contribution in [0.15, 0.2) is 54.6 Å². The topological polar surface area (TPSA) is 57.7 Å². The Balaban J connectivity index is 2.30. The van der Waals surface area contributed by atoms with Crippen LogP contribution in [-0.4, -0.2) is 38.6 Å². The summed E-state index contributed by atoms with van der Waals surface area (Å²) in [6.07, 6.45) is 1.14. The molecule has 0 aliphatic heterocycles. The zero-order valence-corrected chi connectivity index (χ0v) is 17.2. The Kier molecular flexibility index (Phi) is 7.02. The van der Waals surface area contributed by atoms with Gasteiger partial charge < -0.3 is 4.90 Å². The Hall–Kier alpha value is -2.34. The molecule has 0 heterocycles. The summed E-state index contributed by atoms with van der Waals surface area (Å²) in [5.74, 6) is -0.0718. The Morgan fingerprint density at radius 3 is 2.15 bits per heavy atom. The van der Waals surface area contributed by atoms with E-state index in [1.54, 1.807) is 17.0 Å². The summed E-state index contributed by atoms with van der Waals surface area (Å²) >= 11 is 0. The molecule has 27 heavy (non-hydrogen) atoms. The summed E-state index contributed by atoms with van der Waals surface area (Å²) in [6.45, 7) is 6.68. The highest BCUT2D eigenvalue weighted by molar-refractivity contribution is 7.92. The molecule has 0 atom stereocenters. The lowest BCUT2D eigenvalue weighted by Crippen LogP contribution is -2.42. The second kappa shape index (κ2) is 9.04. The number of nitrogens with zero attached hydrogens (tertiary/aromatic N) is 2. The molecule has 0 aromatic heterocycles. The Morgan fingerprint density at radius 2 is 1.59 bits per heavy atom. The molecule has 2 rings (SSSR count). The molecular formula is C21H28N2O3S. The summed E-state index contributed by atoms with van der Waals surface area (Å²) in [5, 5.41) is 0. The van der Waals surface area contributed by atoms with E-state index in [1.807, 2.05) is 63.2 Å². The Labute approximate surface area is 162 Å². The average Bonchev–Trinajstić information content (AvgIpc) is 2.63. The standard InChI is InChI=1S/C21H28N2O3S/c1-5-22(15-18-11-7-6-8-12-18)21(24)16-23(27(4,25)26)20-14-10-9-13-19(20)17(2)3/h6-14,17H,5,15-16H2,1-4H3. The molecule has 0 spiro atoms. The molecule has 0 saturated carbocycles. The minimum absolute atomic E-state index is 0.146. The van der Waals surface area contributed by atoms with Gasteiger partial charge in [-0.15, -0.1) is 0 Å². The van der Waals surface area contributed by atoms with Crippen LogP contribution in [-0.2, 0) is 21.4 Å². The molecule has 0 radical (unpaired) electrons. The van der Waals surface area contributed by atoms with Crippen molar-refractivity contribution in [2.75, 3.05) is 23.7 Å². The van der Waals surface area contributed by atoms with E-state index in [0.717, 1.165) is 17.4 Å². The van der Waals surface area contributed by atoms with Crippen molar-refractivity contribution in [3.05, 3.63) is 65.7 Å². The number of amides is 1. The van der Waals surface area contributed by atoms with Gasteiger partial charge in [-0.1, -0.05) is 62.4 Å². The predicted octanol–water partition coefficient (Wildman–Crippen LogP) is 3.62. The van der Waals surface area contributed by atoms with Gasteiger partial charge in [-0.2, -0.15) is 0 Å². The normalized spacial score (nSPS) is 11.4. The van der Waals surface area contributed by atoms with Crippen LogP contribution in [0.1, 0.15) is 37.8 Å². The van der Waals surface area contributed by atoms with E-state index < -0.39 is 10.0 Å². The fourth-order valence-electron chi connectivity index (χ4n) is 2.99. The number of likely N-dealkylation sites (N-methyl/N-ethyl adjacent to an activating group) is 1. The molecule has 0 aliphatic rings. The van der Waals surface area contributed by atoms with Gasteiger partial charge in [-0.3, -0.25) is 9.10 Å². The number of benzene rings is 2. The van der Waals surface area contributed by atoms with E-state index in [0.29, 0.717) is 18.8 Å². The lowest BCUT2D eigenvalue weighted by Gasteiger charge is -2.29. The second-order valence-electron chi connectivity index (χ2n) is 6.88. The quantitative estimate of drug-likeness (QED) is 0.694. The summed E-state index contributed by atoms with van der Waals surface area (Å²) in [4.78, 5) is 14.6. The number of hydrogen-bond donors (Lipinski definition) is 0. The molecule has 146 valence electrons. The lowest BCUT2D eigenvalue weighted by molar-refractivity contribution is -0.129. The van der Waals surface area contributed by atoms with Crippen LogP contribution in [0.3, 0.4) is 0 Å². The summed E-state index contributed by atoms with van der Waals surface area (Å²) in [6, 6.07) is 17.0. The SMILES string of the molecule is CCN(Cc1ccccc1)C(=O)CN(c1ccccc1C(C)C)S(C)(=O)=O. The van der Waals surface area contributed by atoms with Gasteiger partial charge in [-0.05, 0) is 30.0 Å². The number of hydrogen-bond acceptors (Lipinski definition) is 3. The van der Waals surface area contributed by atoms with E-state index in [9.17, 15) is 13.2 Å². The third-order valence-corrected chi connectivity index (χ3v) is 5.58. The maximum Gasteiger partial charge on any atom is 0.243 e. The van der Waals surface area contributed by atoms with Crippen molar-refractivity contribution in [1.82, 2.24) is 4.90 Å². The third-order valence-electron chi connectivity index (χ3n) is 4.46. The predicted molar refractivity (Wildman–Crippen MR) is 110 cm³/mol. The number of sulfonamides is 1. The van der Waals surface area contributed by atoms with Gasteiger partial charge in [0.2, 0.25) is 15.9 Å². The minimum Gasteiger partial charge on any atom is -0.337 e. The molecule has 0 fully saturated rings. The number of rotatable bonds is 8. The number of anilines is 1. The number of carbonyl (C=O) groups is 1. The van der Waals surface area contributed by atoms with Crippen LogP contribution >= 0.6 is 0 Å². The molecule has 2 aromatic rings. The average molecular weight is 389 g/mol. The van der Waals surface area contributed by atoms with Crippen molar-refractivity contribution in [2.45, 2.75) is 33.2 Å². The largest absolute Gasteiger partial charge is 0.337 e. The van der Waals surface area contributed by atoms with Crippen molar-refractivity contribution < 1.29 is 13.2 Å². The highest BCUT2D eigenvalue weighted by atomic mass is 32.2. The van der Waals surface area contributed by atoms with Crippen molar-refractivity contribution in [3.63, 3.8) is 0 Å². The molecule has 0 N–H and O–H groups in total. The summed E-state index contributed by atoms with van der Waals surface area (Å²) < 4.78 is 26.2. The molecule has 6 heteroatoms. The molecule has 0 saturated heterocycles. The highest BCUT2D eigenvalue weighted by Gasteiger charge is 2.26. The van der Waals surface area contributed by atoms with Gasteiger partial charge in [0.15, 0.2) is 0 Å². The zero-order chi connectivity index (χ0) is 20.0. The van der Waals surface area contributed by atoms with E-state index in [-0.39, 0.29) is 18.4 Å². The number of para-hydroxylation sites is 1. The van der Waals surface area contributed by atoms with Gasteiger partial charge in [0.05, 0.1) is 11.9 Å². The van der Waals surface area contributed by atoms with Gasteiger partial charge in [0, 0.05) is 13.1 Å². The smallest absolute Gasteiger partial charge is 0.243 e. The Morgan fingerprint density at radius 1 is 1.00 bits per heavy atom. The monoisotopic (exact) mass is 388 g/mol. The molecular weight excluding hydrogens is 360 g/mol. The van der Waals surface area contributed by atoms with E-state index in [1.165, 1.54) is 4.31 Å². The van der Waals surface area contributed by atoms with Gasteiger partial charge >= 0.3 is 0 Å². The van der Waals surface area contributed by atoms with Crippen molar-refractivity contribution in [2.24, 2.45) is 0 Å². The maximum atomic E-state index is 12.9. The first-order chi connectivity index (χ1) is 12.7.